The van der Waals surface area contributed by atoms with Gasteiger partial charge in [-0.15, -0.1) is 11.3 Å². The van der Waals surface area contributed by atoms with Crippen LogP contribution in [0.4, 0.5) is 0 Å². The van der Waals surface area contributed by atoms with Gasteiger partial charge in [-0.1, -0.05) is 54.6 Å². The molecule has 3 aromatic rings. The molecule has 6 heteroatoms. The molecule has 0 amide bonds. The zero-order valence-corrected chi connectivity index (χ0v) is 16.5. The second-order valence-electron chi connectivity index (χ2n) is 7.11. The van der Waals surface area contributed by atoms with Crippen LogP contribution in [0.15, 0.2) is 66.0 Å². The smallest absolute Gasteiger partial charge is 0.315 e. The van der Waals surface area contributed by atoms with Crippen molar-refractivity contribution in [1.29, 1.82) is 0 Å². The van der Waals surface area contributed by atoms with E-state index < -0.39 is 23.9 Å². The molecule has 0 spiro atoms. The molecule has 2 atom stereocenters. The highest BCUT2D eigenvalue weighted by Gasteiger charge is 2.34. The van der Waals surface area contributed by atoms with Crippen LogP contribution in [0.25, 0.3) is 11.1 Å². The number of carbonyl (C=O) groups is 2. The highest BCUT2D eigenvalue weighted by Crippen LogP contribution is 2.44. The molecule has 0 radical (unpaired) electrons. The average Bonchev–Trinajstić information content (AvgIpc) is 3.33. The summed E-state index contributed by atoms with van der Waals surface area (Å²) < 4.78 is 5.72. The van der Waals surface area contributed by atoms with Crippen molar-refractivity contribution in [1.82, 2.24) is 0 Å². The van der Waals surface area contributed by atoms with E-state index in [0.29, 0.717) is 0 Å². The fraction of sp³-hybridized carbons (Fsp3) is 0.217. The van der Waals surface area contributed by atoms with Crippen LogP contribution < -0.4 is 5.73 Å². The summed E-state index contributed by atoms with van der Waals surface area (Å²) in [5, 5.41) is 10.9. The van der Waals surface area contributed by atoms with Gasteiger partial charge in [0.1, 0.15) is 12.5 Å². The maximum atomic E-state index is 13.0. The van der Waals surface area contributed by atoms with Gasteiger partial charge in [0.2, 0.25) is 0 Å². The van der Waals surface area contributed by atoms with Gasteiger partial charge in [0.05, 0.1) is 6.42 Å². The van der Waals surface area contributed by atoms with Gasteiger partial charge in [0, 0.05) is 16.8 Å². The predicted octanol–water partition coefficient (Wildman–Crippen LogP) is 3.99. The summed E-state index contributed by atoms with van der Waals surface area (Å²) in [6.07, 6.45) is -0.299. The predicted molar refractivity (Wildman–Crippen MR) is 112 cm³/mol. The molecule has 0 unspecified atom stereocenters. The minimum absolute atomic E-state index is 0.0500. The van der Waals surface area contributed by atoms with Crippen molar-refractivity contribution < 1.29 is 19.4 Å². The number of hydrogen-bond donors (Lipinski definition) is 2. The van der Waals surface area contributed by atoms with E-state index in [-0.39, 0.29) is 18.9 Å². The fourth-order valence-corrected chi connectivity index (χ4v) is 4.87. The lowest BCUT2D eigenvalue weighted by molar-refractivity contribution is -0.146. The van der Waals surface area contributed by atoms with Crippen LogP contribution in [0.3, 0.4) is 0 Å². The van der Waals surface area contributed by atoms with Crippen LogP contribution in [0.2, 0.25) is 0 Å². The van der Waals surface area contributed by atoms with Crippen LogP contribution in [0.1, 0.15) is 34.3 Å². The quantitative estimate of drug-likeness (QED) is 0.578. The number of esters is 1. The average molecular weight is 407 g/mol. The third-order valence-corrected chi connectivity index (χ3v) is 6.25. The number of benzene rings is 2. The highest BCUT2D eigenvalue weighted by atomic mass is 32.1. The van der Waals surface area contributed by atoms with Crippen LogP contribution in [0, 0.1) is 0 Å². The van der Waals surface area contributed by atoms with E-state index in [2.05, 4.69) is 24.3 Å². The second-order valence-corrected chi connectivity index (χ2v) is 8.09. The SMILES string of the molecule is N[C@@H](CC(=O)O)[C@@H](C(=O)OCC1c2ccccc2-c2ccccc21)c1cccs1. The molecule has 0 bridgehead atoms. The number of thiophene rings is 1. The number of carboxylic acid groups (broad SMARTS) is 1. The Kier molecular flexibility index (Phi) is 5.47. The Hall–Kier alpha value is -2.96. The van der Waals surface area contributed by atoms with Crippen molar-refractivity contribution in [3.8, 4) is 11.1 Å². The molecule has 3 N–H and O–H groups in total. The van der Waals surface area contributed by atoms with Crippen LogP contribution >= 0.6 is 11.3 Å². The molecule has 0 aliphatic heterocycles. The van der Waals surface area contributed by atoms with E-state index in [1.807, 2.05) is 35.7 Å². The zero-order valence-electron chi connectivity index (χ0n) is 15.7. The monoisotopic (exact) mass is 407 g/mol. The molecule has 2 aromatic carbocycles. The Labute approximate surface area is 172 Å². The number of carbonyl (C=O) groups excluding carboxylic acids is 1. The maximum Gasteiger partial charge on any atom is 0.315 e. The molecular formula is C23H21NO4S. The molecular weight excluding hydrogens is 386 g/mol. The topological polar surface area (TPSA) is 89.6 Å². The van der Waals surface area contributed by atoms with Crippen LogP contribution in [-0.4, -0.2) is 29.7 Å². The first-order valence-corrected chi connectivity index (χ1v) is 10.3. The van der Waals surface area contributed by atoms with Crippen molar-refractivity contribution in [2.45, 2.75) is 24.3 Å². The van der Waals surface area contributed by atoms with E-state index in [1.54, 1.807) is 6.07 Å². The molecule has 1 heterocycles. The summed E-state index contributed by atoms with van der Waals surface area (Å²) in [4.78, 5) is 24.8. The summed E-state index contributed by atoms with van der Waals surface area (Å²) in [5.41, 5.74) is 10.6. The van der Waals surface area contributed by atoms with E-state index in [9.17, 15) is 9.59 Å². The lowest BCUT2D eigenvalue weighted by Gasteiger charge is -2.22. The zero-order chi connectivity index (χ0) is 20.4. The second kappa shape index (κ2) is 8.19. The first-order valence-electron chi connectivity index (χ1n) is 9.42. The molecule has 1 aliphatic rings. The number of fused-ring (bicyclic) bond motifs is 3. The lowest BCUT2D eigenvalue weighted by atomic mass is 9.95. The summed E-state index contributed by atoms with van der Waals surface area (Å²) in [6.45, 7) is 0.189. The van der Waals surface area contributed by atoms with Crippen molar-refractivity contribution in [3.63, 3.8) is 0 Å². The van der Waals surface area contributed by atoms with Gasteiger partial charge in [-0.3, -0.25) is 9.59 Å². The van der Waals surface area contributed by atoms with Gasteiger partial charge in [0.25, 0.3) is 0 Å². The standard InChI is InChI=1S/C23H21NO4S/c24-19(12-21(25)26)22(20-10-5-11-29-20)23(27)28-13-18-16-8-3-1-6-14(16)15-7-2-4-9-17(15)18/h1-11,18-19,22H,12-13,24H2,(H,25,26)/t19-,22+/m0/s1. The molecule has 1 aliphatic carbocycles. The van der Waals surface area contributed by atoms with Gasteiger partial charge >= 0.3 is 11.9 Å². The number of carboxylic acids is 1. The Morgan fingerprint density at radius 1 is 1.00 bits per heavy atom. The molecule has 1 aromatic heterocycles. The fourth-order valence-electron chi connectivity index (χ4n) is 3.98. The molecule has 0 fully saturated rings. The molecule has 148 valence electrons. The molecule has 0 saturated carbocycles. The first kappa shape index (κ1) is 19.4. The minimum Gasteiger partial charge on any atom is -0.481 e. The molecule has 29 heavy (non-hydrogen) atoms. The van der Waals surface area contributed by atoms with Crippen molar-refractivity contribution >= 4 is 23.3 Å². The normalized spacial score (nSPS) is 14.7. The Bertz CT molecular complexity index is 985. The van der Waals surface area contributed by atoms with Gasteiger partial charge < -0.3 is 15.6 Å². The van der Waals surface area contributed by atoms with E-state index in [4.69, 9.17) is 15.6 Å². The van der Waals surface area contributed by atoms with Gasteiger partial charge in [-0.25, -0.2) is 0 Å². The third-order valence-electron chi connectivity index (χ3n) is 5.30. The maximum absolute atomic E-state index is 13.0. The number of hydrogen-bond acceptors (Lipinski definition) is 5. The van der Waals surface area contributed by atoms with Gasteiger partial charge in [-0.05, 0) is 33.7 Å². The van der Waals surface area contributed by atoms with Crippen molar-refractivity contribution in [2.24, 2.45) is 5.73 Å². The number of rotatable bonds is 7. The third kappa shape index (κ3) is 3.81. The molecule has 4 rings (SSSR count). The van der Waals surface area contributed by atoms with Gasteiger partial charge in [-0.2, -0.15) is 0 Å². The summed E-state index contributed by atoms with van der Waals surface area (Å²) in [7, 11) is 0. The largest absolute Gasteiger partial charge is 0.481 e. The molecule has 0 saturated heterocycles. The number of nitrogens with two attached hydrogens (primary N) is 1. The van der Waals surface area contributed by atoms with Crippen molar-refractivity contribution in [3.05, 3.63) is 82.0 Å². The lowest BCUT2D eigenvalue weighted by Crippen LogP contribution is -2.36. The Morgan fingerprint density at radius 2 is 1.62 bits per heavy atom. The van der Waals surface area contributed by atoms with Crippen LogP contribution in [0.5, 0.6) is 0 Å². The van der Waals surface area contributed by atoms with E-state index in [0.717, 1.165) is 27.1 Å². The number of aliphatic carboxylic acids is 1. The minimum atomic E-state index is -1.04. The Morgan fingerprint density at radius 3 is 2.17 bits per heavy atom. The van der Waals surface area contributed by atoms with Crippen LogP contribution in [-0.2, 0) is 14.3 Å². The molecule has 5 nitrogen and oxygen atoms in total. The Balaban J connectivity index is 1.56. The van der Waals surface area contributed by atoms with E-state index in [1.165, 1.54) is 11.3 Å². The van der Waals surface area contributed by atoms with Gasteiger partial charge in [0.15, 0.2) is 0 Å². The van der Waals surface area contributed by atoms with Crippen molar-refractivity contribution in [2.75, 3.05) is 6.61 Å². The highest BCUT2D eigenvalue weighted by molar-refractivity contribution is 7.10. The summed E-state index contributed by atoms with van der Waals surface area (Å²) >= 11 is 1.38. The summed E-state index contributed by atoms with van der Waals surface area (Å²) in [6, 6.07) is 19.0. The number of ether oxygens (including phenoxy) is 1. The summed E-state index contributed by atoms with van der Waals surface area (Å²) in [5.74, 6) is -2.36. The first-order chi connectivity index (χ1) is 14.1. The van der Waals surface area contributed by atoms with E-state index >= 15 is 0 Å².